The highest BCUT2D eigenvalue weighted by molar-refractivity contribution is 9.24. The van der Waals surface area contributed by atoms with Crippen molar-refractivity contribution in [3.63, 3.8) is 0 Å². The van der Waals surface area contributed by atoms with Gasteiger partial charge in [0.25, 0.3) is 0 Å². The molecule has 0 unspecified atom stereocenters. The normalized spacial score (nSPS) is 46.7. The molecule has 0 aliphatic heterocycles. The van der Waals surface area contributed by atoms with Crippen molar-refractivity contribution >= 4 is 53.7 Å². The van der Waals surface area contributed by atoms with Crippen molar-refractivity contribution in [2.75, 3.05) is 0 Å². The maximum absolute atomic E-state index is 11.7. The Morgan fingerprint density at radius 3 is 2.13 bits per heavy atom. The Labute approximate surface area is 115 Å². The molecule has 3 saturated carbocycles. The lowest BCUT2D eigenvalue weighted by atomic mass is 9.43. The molecule has 3 fully saturated rings. The van der Waals surface area contributed by atoms with E-state index in [4.69, 9.17) is 5.73 Å². The Hall–Kier alpha value is 0.910. The highest BCUT2D eigenvalue weighted by Gasteiger charge is 2.82. The minimum atomic E-state index is -0.368. The van der Waals surface area contributed by atoms with Gasteiger partial charge in [0.2, 0.25) is 5.91 Å². The van der Waals surface area contributed by atoms with E-state index in [0.29, 0.717) is 0 Å². The first-order chi connectivity index (χ1) is 6.75. The summed E-state index contributed by atoms with van der Waals surface area (Å²) >= 11 is 10.9. The summed E-state index contributed by atoms with van der Waals surface area (Å²) in [6, 6.07) is 0. The van der Waals surface area contributed by atoms with Gasteiger partial charge in [-0.05, 0) is 18.3 Å². The van der Waals surface area contributed by atoms with Crippen LogP contribution in [-0.2, 0) is 4.79 Å². The Bertz CT molecular complexity index is 331. The molecule has 86 valence electrons. The first-order valence-corrected chi connectivity index (χ1v) is 7.72. The maximum Gasteiger partial charge on any atom is 0.225 e. The summed E-state index contributed by atoms with van der Waals surface area (Å²) in [4.78, 5) is 11.9. The highest BCUT2D eigenvalue weighted by Crippen LogP contribution is 2.82. The van der Waals surface area contributed by atoms with Gasteiger partial charge in [0.05, 0.1) is 9.15 Å². The number of hydrogen-bond acceptors (Lipinski definition) is 1. The van der Waals surface area contributed by atoms with E-state index in [1.807, 2.05) is 0 Å². The molecule has 0 aromatic carbocycles. The second kappa shape index (κ2) is 3.22. The van der Waals surface area contributed by atoms with Crippen molar-refractivity contribution in [3.8, 4) is 0 Å². The minimum absolute atomic E-state index is 0.0579. The fourth-order valence-corrected chi connectivity index (χ4v) is 8.67. The predicted octanol–water partition coefficient (Wildman–Crippen LogP) is 3.16. The van der Waals surface area contributed by atoms with Gasteiger partial charge in [-0.1, -0.05) is 61.6 Å². The van der Waals surface area contributed by atoms with Gasteiger partial charge in [-0.25, -0.2) is 0 Å². The van der Waals surface area contributed by atoms with E-state index in [0.717, 1.165) is 12.8 Å². The van der Waals surface area contributed by atoms with Crippen LogP contribution in [0.4, 0.5) is 0 Å². The molecule has 1 amide bonds. The lowest BCUT2D eigenvalue weighted by molar-refractivity contribution is -0.158. The van der Waals surface area contributed by atoms with Gasteiger partial charge in [-0.15, -0.1) is 0 Å². The number of carbonyl (C=O) groups excluding carboxylic acids is 1. The van der Waals surface area contributed by atoms with Crippen LogP contribution in [-0.4, -0.2) is 14.5 Å². The van der Waals surface area contributed by atoms with E-state index >= 15 is 0 Å². The van der Waals surface area contributed by atoms with Crippen LogP contribution >= 0.6 is 47.8 Å². The van der Waals surface area contributed by atoms with Gasteiger partial charge in [-0.2, -0.15) is 0 Å². The molecule has 0 radical (unpaired) electrons. The standard InChI is InChI=1S/C10H14Br3NO/c1-8(2)9(6(12)13)3-4-10(8,5(9)11)7(14)15/h5-6H,3-4H2,1-2H3,(H2,14,15)/t5-,9-,10-/m0/s1. The lowest BCUT2D eigenvalue weighted by Crippen LogP contribution is -2.71. The van der Waals surface area contributed by atoms with Crippen LogP contribution in [0.3, 0.4) is 0 Å². The predicted molar refractivity (Wildman–Crippen MR) is 71.4 cm³/mol. The molecular formula is C10H14Br3NO. The third-order valence-corrected chi connectivity index (χ3v) is 8.16. The molecule has 0 heterocycles. The van der Waals surface area contributed by atoms with E-state index in [-0.39, 0.29) is 30.7 Å². The smallest absolute Gasteiger partial charge is 0.225 e. The van der Waals surface area contributed by atoms with Gasteiger partial charge in [-0.3, -0.25) is 4.79 Å². The molecule has 2 N–H and O–H groups in total. The first kappa shape index (κ1) is 12.4. The fraction of sp³-hybridized carbons (Fsp3) is 0.900. The van der Waals surface area contributed by atoms with Crippen LogP contribution in [0.25, 0.3) is 0 Å². The zero-order chi connectivity index (χ0) is 11.6. The molecule has 3 rings (SSSR count). The number of nitrogens with two attached hydrogens (primary N) is 1. The zero-order valence-electron chi connectivity index (χ0n) is 8.69. The van der Waals surface area contributed by atoms with E-state index < -0.39 is 0 Å². The number of halogens is 3. The monoisotopic (exact) mass is 401 g/mol. The fourth-order valence-electron chi connectivity index (χ4n) is 3.74. The summed E-state index contributed by atoms with van der Waals surface area (Å²) in [5.74, 6) is -0.164. The summed E-state index contributed by atoms with van der Waals surface area (Å²) in [7, 11) is 0. The van der Waals surface area contributed by atoms with Crippen molar-refractivity contribution < 1.29 is 4.79 Å². The Balaban J connectivity index is 2.50. The zero-order valence-corrected chi connectivity index (χ0v) is 13.4. The average molecular weight is 404 g/mol. The third-order valence-electron chi connectivity index (χ3n) is 4.93. The minimum Gasteiger partial charge on any atom is -0.369 e. The summed E-state index contributed by atoms with van der Waals surface area (Å²) in [6.45, 7) is 4.30. The Kier molecular flexibility index (Phi) is 2.66. The lowest BCUT2D eigenvalue weighted by Gasteiger charge is -2.65. The number of fused-ring (bicyclic) bond motifs is 1. The van der Waals surface area contributed by atoms with Crippen molar-refractivity contribution in [2.24, 2.45) is 22.0 Å². The molecule has 5 heteroatoms. The number of alkyl halides is 3. The van der Waals surface area contributed by atoms with Crippen molar-refractivity contribution in [1.82, 2.24) is 0 Å². The quantitative estimate of drug-likeness (QED) is 0.707. The van der Waals surface area contributed by atoms with Gasteiger partial charge < -0.3 is 5.73 Å². The number of primary amides is 1. The molecule has 2 nitrogen and oxygen atoms in total. The highest BCUT2D eigenvalue weighted by atomic mass is 79.9. The SMILES string of the molecule is CC1(C)[C@@]2(C(N)=O)CC[C@@]1(C(Br)Br)[C@@H]2Br. The molecule has 3 aliphatic rings. The third kappa shape index (κ3) is 0.998. The molecule has 2 bridgehead atoms. The van der Waals surface area contributed by atoms with Crippen LogP contribution < -0.4 is 5.73 Å². The van der Waals surface area contributed by atoms with Crippen LogP contribution in [0.1, 0.15) is 26.7 Å². The van der Waals surface area contributed by atoms with Gasteiger partial charge in [0, 0.05) is 10.2 Å². The second-order valence-electron chi connectivity index (χ2n) is 5.16. The van der Waals surface area contributed by atoms with Crippen molar-refractivity contribution in [2.45, 2.75) is 35.3 Å². The van der Waals surface area contributed by atoms with Gasteiger partial charge in [0.15, 0.2) is 0 Å². The van der Waals surface area contributed by atoms with Crippen molar-refractivity contribution in [3.05, 3.63) is 0 Å². The van der Waals surface area contributed by atoms with Crippen LogP contribution in [0.2, 0.25) is 0 Å². The van der Waals surface area contributed by atoms with E-state index in [1.165, 1.54) is 0 Å². The topological polar surface area (TPSA) is 43.1 Å². The summed E-state index contributed by atoms with van der Waals surface area (Å²) < 4.78 is 0.215. The molecule has 0 spiro atoms. The molecule has 15 heavy (non-hydrogen) atoms. The van der Waals surface area contributed by atoms with Crippen LogP contribution in [0.15, 0.2) is 0 Å². The van der Waals surface area contributed by atoms with E-state index in [9.17, 15) is 4.79 Å². The molecule has 0 aromatic heterocycles. The summed E-state index contributed by atoms with van der Waals surface area (Å²) in [5.41, 5.74) is 5.25. The van der Waals surface area contributed by atoms with Gasteiger partial charge >= 0.3 is 0 Å². The van der Waals surface area contributed by atoms with Crippen LogP contribution in [0, 0.1) is 16.2 Å². The van der Waals surface area contributed by atoms with Gasteiger partial charge in [0.1, 0.15) is 0 Å². The second-order valence-corrected chi connectivity index (χ2v) is 9.14. The largest absolute Gasteiger partial charge is 0.369 e. The maximum atomic E-state index is 11.7. The molecule has 3 aliphatic carbocycles. The summed E-state index contributed by atoms with van der Waals surface area (Å²) in [6.07, 6.45) is 1.92. The first-order valence-electron chi connectivity index (χ1n) is 4.97. The molecule has 0 aromatic rings. The number of rotatable bonds is 2. The number of amides is 1. The Morgan fingerprint density at radius 2 is 1.93 bits per heavy atom. The number of hydrogen-bond donors (Lipinski definition) is 1. The van der Waals surface area contributed by atoms with E-state index in [2.05, 4.69) is 61.6 Å². The molecule has 0 saturated heterocycles. The summed E-state index contributed by atoms with van der Waals surface area (Å²) in [5, 5.41) is 0. The number of carbonyl (C=O) groups is 1. The molecule has 3 atom stereocenters. The van der Waals surface area contributed by atoms with E-state index in [1.54, 1.807) is 0 Å². The van der Waals surface area contributed by atoms with Crippen LogP contribution in [0.5, 0.6) is 0 Å². The Morgan fingerprint density at radius 1 is 1.40 bits per heavy atom. The van der Waals surface area contributed by atoms with Crippen molar-refractivity contribution in [1.29, 1.82) is 0 Å². The average Bonchev–Trinajstić information content (AvgIpc) is 2.53. The molecular weight excluding hydrogens is 390 g/mol.